The van der Waals surface area contributed by atoms with Crippen molar-refractivity contribution < 1.29 is 19.0 Å². The summed E-state index contributed by atoms with van der Waals surface area (Å²) in [6.07, 6.45) is 13.2. The zero-order valence-electron chi connectivity index (χ0n) is 24.8. The Morgan fingerprint density at radius 2 is 2.00 bits per heavy atom. The van der Waals surface area contributed by atoms with Crippen molar-refractivity contribution in [2.45, 2.75) is 57.0 Å². The number of aromatic hydroxyl groups is 1. The summed E-state index contributed by atoms with van der Waals surface area (Å²) >= 11 is 0. The molecule has 2 N–H and O–H groups in total. The van der Waals surface area contributed by atoms with Gasteiger partial charge in [0.1, 0.15) is 23.1 Å². The average molecular weight is 597 g/mol. The first-order valence-corrected chi connectivity index (χ1v) is 15.9. The van der Waals surface area contributed by atoms with E-state index in [-0.39, 0.29) is 28.6 Å². The van der Waals surface area contributed by atoms with Crippen LogP contribution in [0.25, 0.3) is 10.8 Å². The van der Waals surface area contributed by atoms with Crippen molar-refractivity contribution in [3.63, 3.8) is 0 Å². The Morgan fingerprint density at radius 1 is 1.16 bits per heavy atom. The summed E-state index contributed by atoms with van der Waals surface area (Å²) in [5.41, 5.74) is 1.66. The first-order chi connectivity index (χ1) is 21.4. The van der Waals surface area contributed by atoms with Gasteiger partial charge in [-0.25, -0.2) is 4.39 Å². The number of piperidine rings is 2. The van der Waals surface area contributed by atoms with Crippen molar-refractivity contribution in [2.75, 3.05) is 55.7 Å². The maximum atomic E-state index is 14.8. The van der Waals surface area contributed by atoms with E-state index in [0.717, 1.165) is 69.8 Å². The molecule has 2 unspecified atom stereocenters. The van der Waals surface area contributed by atoms with Gasteiger partial charge in [0.25, 0.3) is 5.91 Å². The van der Waals surface area contributed by atoms with Gasteiger partial charge in [-0.1, -0.05) is 12.0 Å². The lowest BCUT2D eigenvalue weighted by molar-refractivity contribution is 0.0972. The van der Waals surface area contributed by atoms with E-state index in [9.17, 15) is 14.3 Å². The molecule has 228 valence electrons. The first kappa shape index (κ1) is 27.6. The second kappa shape index (κ2) is 10.6. The van der Waals surface area contributed by atoms with Gasteiger partial charge < -0.3 is 29.9 Å². The zero-order valence-corrected chi connectivity index (χ0v) is 24.8. The highest BCUT2D eigenvalue weighted by Crippen LogP contribution is 2.47. The minimum Gasteiger partial charge on any atom is -0.508 e. The van der Waals surface area contributed by atoms with Crippen LogP contribution in [0.1, 0.15) is 60.1 Å². The lowest BCUT2D eigenvalue weighted by Gasteiger charge is -2.47. The fraction of sp³-hybridized carbons (Fsp3) is 0.500. The van der Waals surface area contributed by atoms with E-state index in [1.165, 1.54) is 31.0 Å². The smallest absolute Gasteiger partial charge is 0.319 e. The molecule has 10 heteroatoms. The van der Waals surface area contributed by atoms with Crippen LogP contribution in [0.15, 0.2) is 24.3 Å². The average Bonchev–Trinajstić information content (AvgIpc) is 3.61. The van der Waals surface area contributed by atoms with Gasteiger partial charge in [0, 0.05) is 60.7 Å². The minimum atomic E-state index is -0.547. The van der Waals surface area contributed by atoms with Crippen LogP contribution >= 0.6 is 0 Å². The Bertz CT molecular complexity index is 1690. The Labute approximate surface area is 256 Å². The summed E-state index contributed by atoms with van der Waals surface area (Å²) in [7, 11) is 0. The van der Waals surface area contributed by atoms with Crippen molar-refractivity contribution in [2.24, 2.45) is 5.41 Å². The highest BCUT2D eigenvalue weighted by molar-refractivity contribution is 6.13. The molecule has 0 radical (unpaired) electrons. The molecule has 5 aliphatic heterocycles. The van der Waals surface area contributed by atoms with E-state index >= 15 is 0 Å². The molecule has 9 nitrogen and oxygen atoms in total. The molecule has 5 fully saturated rings. The molecule has 1 aliphatic carbocycles. The van der Waals surface area contributed by atoms with E-state index in [1.807, 2.05) is 0 Å². The molecule has 6 aliphatic rings. The van der Waals surface area contributed by atoms with Crippen molar-refractivity contribution >= 4 is 28.2 Å². The number of hydrogen-bond donors (Lipinski definition) is 2. The topological polar surface area (TPSA) is 94.1 Å². The lowest BCUT2D eigenvalue weighted by Crippen LogP contribution is -2.61. The third kappa shape index (κ3) is 4.74. The monoisotopic (exact) mass is 596 g/mol. The lowest BCUT2D eigenvalue weighted by atomic mass is 9.92. The Balaban J connectivity index is 1.17. The predicted octanol–water partition coefficient (Wildman–Crippen LogP) is 3.85. The number of piperazine rings is 1. The summed E-state index contributed by atoms with van der Waals surface area (Å²) < 4.78 is 21.2. The number of amides is 1. The number of phenolic OH excluding ortho intramolecular Hbond substituents is 1. The van der Waals surface area contributed by atoms with E-state index in [1.54, 1.807) is 11.0 Å². The molecule has 3 aromatic rings. The van der Waals surface area contributed by atoms with Gasteiger partial charge in [-0.15, -0.1) is 6.42 Å². The number of phenols is 1. The van der Waals surface area contributed by atoms with Gasteiger partial charge in [-0.05, 0) is 75.6 Å². The molecule has 2 aromatic carbocycles. The highest BCUT2D eigenvalue weighted by atomic mass is 19.1. The predicted molar refractivity (Wildman–Crippen MR) is 166 cm³/mol. The number of carbonyl (C=O) groups is 1. The first-order valence-electron chi connectivity index (χ1n) is 15.9. The molecule has 4 saturated heterocycles. The standard InChI is InChI=1S/C34H37FN6O3/c1-2-25-27(35)8-5-21-15-24(42)16-28(29(21)25)40-14-9-26-30(32(40)43)37-33(38-31(26)41-18-22-6-7-23(41)17-36-22)44-20-34(10-11-34)19-39-12-3-4-13-39/h1,5,8,15-16,22-23,36,42H,3-4,6-7,9-14,17-20H2. The molecule has 9 rings (SSSR count). The van der Waals surface area contributed by atoms with Crippen LogP contribution < -0.4 is 19.9 Å². The fourth-order valence-corrected chi connectivity index (χ4v) is 7.73. The summed E-state index contributed by atoms with van der Waals surface area (Å²) in [6.45, 7) is 5.87. The number of rotatable bonds is 7. The molecular formula is C34H37FN6O3. The fourth-order valence-electron chi connectivity index (χ4n) is 7.73. The Kier molecular flexibility index (Phi) is 6.65. The van der Waals surface area contributed by atoms with Crippen LogP contribution in [0.2, 0.25) is 0 Å². The molecule has 1 saturated carbocycles. The van der Waals surface area contributed by atoms with Gasteiger partial charge in [-0.2, -0.15) is 9.97 Å². The molecule has 2 atom stereocenters. The van der Waals surface area contributed by atoms with Crippen molar-refractivity contribution in [3.05, 3.63) is 46.9 Å². The number of ether oxygens (including phenoxy) is 1. The van der Waals surface area contributed by atoms with Gasteiger partial charge >= 0.3 is 6.01 Å². The van der Waals surface area contributed by atoms with Gasteiger partial charge in [-0.3, -0.25) is 4.79 Å². The number of benzene rings is 2. The van der Waals surface area contributed by atoms with Crippen LogP contribution in [-0.4, -0.2) is 83.8 Å². The second-order valence-electron chi connectivity index (χ2n) is 13.3. The molecular weight excluding hydrogens is 559 g/mol. The third-order valence-corrected chi connectivity index (χ3v) is 10.3. The molecule has 1 aromatic heterocycles. The molecule has 44 heavy (non-hydrogen) atoms. The number of terminal acetylenes is 1. The maximum absolute atomic E-state index is 14.8. The van der Waals surface area contributed by atoms with E-state index in [4.69, 9.17) is 21.1 Å². The van der Waals surface area contributed by atoms with Crippen LogP contribution in [0, 0.1) is 23.6 Å². The number of anilines is 2. The third-order valence-electron chi connectivity index (χ3n) is 10.3. The largest absolute Gasteiger partial charge is 0.508 e. The quantitative estimate of drug-likeness (QED) is 0.398. The summed E-state index contributed by atoms with van der Waals surface area (Å²) in [6, 6.07) is 6.77. The van der Waals surface area contributed by atoms with Crippen LogP contribution in [0.3, 0.4) is 0 Å². The van der Waals surface area contributed by atoms with Crippen molar-refractivity contribution in [1.29, 1.82) is 0 Å². The van der Waals surface area contributed by atoms with E-state index < -0.39 is 5.82 Å². The zero-order chi connectivity index (χ0) is 30.0. The van der Waals surface area contributed by atoms with Crippen LogP contribution in [-0.2, 0) is 6.42 Å². The molecule has 0 spiro atoms. The van der Waals surface area contributed by atoms with Crippen LogP contribution in [0.4, 0.5) is 15.9 Å². The number of hydrogen-bond acceptors (Lipinski definition) is 8. The Hall–Kier alpha value is -3.94. The molecule has 1 amide bonds. The molecule has 6 heterocycles. The van der Waals surface area contributed by atoms with Crippen molar-refractivity contribution in [1.82, 2.24) is 20.2 Å². The number of likely N-dealkylation sites (tertiary alicyclic amines) is 1. The number of nitrogens with zero attached hydrogens (tertiary/aromatic N) is 5. The van der Waals surface area contributed by atoms with Gasteiger partial charge in [0.2, 0.25) is 0 Å². The highest BCUT2D eigenvalue weighted by Gasteiger charge is 2.46. The van der Waals surface area contributed by atoms with Gasteiger partial charge in [0.15, 0.2) is 0 Å². The summed E-state index contributed by atoms with van der Waals surface area (Å²) in [5.74, 6) is 2.33. The van der Waals surface area contributed by atoms with Crippen molar-refractivity contribution in [3.8, 4) is 24.1 Å². The number of fused-ring (bicyclic) bond motifs is 5. The number of nitrogens with one attached hydrogen (secondary N) is 1. The normalized spacial score (nSPS) is 24.0. The van der Waals surface area contributed by atoms with E-state index in [2.05, 4.69) is 21.0 Å². The number of aromatic nitrogens is 2. The summed E-state index contributed by atoms with van der Waals surface area (Å²) in [5, 5.41) is 15.2. The maximum Gasteiger partial charge on any atom is 0.319 e. The second-order valence-corrected chi connectivity index (χ2v) is 13.3. The summed E-state index contributed by atoms with van der Waals surface area (Å²) in [4.78, 5) is 30.5. The number of halogens is 1. The van der Waals surface area contributed by atoms with Crippen LogP contribution in [0.5, 0.6) is 11.8 Å². The van der Waals surface area contributed by atoms with E-state index in [0.29, 0.717) is 53.8 Å². The SMILES string of the molecule is C#Cc1c(F)ccc2cc(O)cc(N3CCc4c(nc(OCC5(CN6CCCC6)CC5)nc4N4CC5CCC4CN5)C3=O)c12. The number of carbonyl (C=O) groups excluding carboxylic acids is 1. The molecule has 2 bridgehead atoms. The van der Waals surface area contributed by atoms with Gasteiger partial charge in [0.05, 0.1) is 17.9 Å². The minimum absolute atomic E-state index is 0.0300. The Morgan fingerprint density at radius 3 is 2.70 bits per heavy atom.